The van der Waals surface area contributed by atoms with Gasteiger partial charge in [-0.1, -0.05) is 42.8 Å². The number of pyridine rings is 1. The normalized spacial score (nSPS) is 14.1. The predicted molar refractivity (Wildman–Crippen MR) is 86.0 cm³/mol. The molecule has 0 fully saturated rings. The van der Waals surface area contributed by atoms with Crippen LogP contribution < -0.4 is 0 Å². The molecule has 0 saturated carbocycles. The number of nitrogens with zero attached hydrogens (tertiary/aromatic N) is 2. The first kappa shape index (κ1) is 15.7. The Labute approximate surface area is 127 Å². The second kappa shape index (κ2) is 7.34. The van der Waals surface area contributed by atoms with Gasteiger partial charge in [0, 0.05) is 18.8 Å². The third-order valence-electron chi connectivity index (χ3n) is 3.94. The number of likely N-dealkylation sites (N-methyl/N-ethyl adjacent to an activating group) is 1. The number of aryl methyl sites for hydroxylation is 1. The Morgan fingerprint density at radius 1 is 1.14 bits per heavy atom. The van der Waals surface area contributed by atoms with E-state index < -0.39 is 6.10 Å². The molecular formula is C18H24N2O. The quantitative estimate of drug-likeness (QED) is 0.882. The molecule has 0 aliphatic carbocycles. The topological polar surface area (TPSA) is 36.4 Å². The summed E-state index contributed by atoms with van der Waals surface area (Å²) in [5, 5.41) is 10.4. The molecule has 1 heterocycles. The second-order valence-electron chi connectivity index (χ2n) is 5.44. The molecule has 1 aromatic heterocycles. The van der Waals surface area contributed by atoms with E-state index in [1.165, 1.54) is 5.56 Å². The maximum atomic E-state index is 10.4. The van der Waals surface area contributed by atoms with E-state index in [0.717, 1.165) is 17.8 Å². The van der Waals surface area contributed by atoms with Gasteiger partial charge in [-0.25, -0.2) is 0 Å². The van der Waals surface area contributed by atoms with Gasteiger partial charge in [0.05, 0.1) is 11.8 Å². The van der Waals surface area contributed by atoms with Crippen molar-refractivity contribution < 1.29 is 5.11 Å². The van der Waals surface area contributed by atoms with Gasteiger partial charge in [0.25, 0.3) is 0 Å². The average molecular weight is 284 g/mol. The molecule has 2 aromatic rings. The number of rotatable bonds is 6. The van der Waals surface area contributed by atoms with Gasteiger partial charge in [0.2, 0.25) is 0 Å². The van der Waals surface area contributed by atoms with Gasteiger partial charge in [-0.2, -0.15) is 0 Å². The predicted octanol–water partition coefficient (Wildman–Crippen LogP) is 3.51. The van der Waals surface area contributed by atoms with Crippen LogP contribution in [0.1, 0.15) is 42.8 Å². The highest BCUT2D eigenvalue weighted by molar-refractivity contribution is 5.23. The molecule has 0 spiro atoms. The Balaban J connectivity index is 2.06. The average Bonchev–Trinajstić information content (AvgIpc) is 2.53. The molecule has 2 atom stereocenters. The van der Waals surface area contributed by atoms with Gasteiger partial charge in [-0.15, -0.1) is 0 Å². The van der Waals surface area contributed by atoms with Crippen LogP contribution >= 0.6 is 0 Å². The van der Waals surface area contributed by atoms with Crippen molar-refractivity contribution in [2.24, 2.45) is 0 Å². The maximum absolute atomic E-state index is 10.4. The lowest BCUT2D eigenvalue weighted by molar-refractivity contribution is 0.0935. The zero-order valence-electron chi connectivity index (χ0n) is 13.0. The van der Waals surface area contributed by atoms with Gasteiger partial charge < -0.3 is 5.11 Å². The van der Waals surface area contributed by atoms with E-state index in [9.17, 15) is 5.11 Å². The van der Waals surface area contributed by atoms with Crippen molar-refractivity contribution in [3.63, 3.8) is 0 Å². The molecule has 21 heavy (non-hydrogen) atoms. The van der Waals surface area contributed by atoms with Crippen LogP contribution in [0, 0.1) is 6.92 Å². The molecule has 112 valence electrons. The summed E-state index contributed by atoms with van der Waals surface area (Å²) in [6.07, 6.45) is 1.34. The number of hydrogen-bond acceptors (Lipinski definition) is 3. The summed E-state index contributed by atoms with van der Waals surface area (Å²) in [6.45, 7) is 7.78. The van der Waals surface area contributed by atoms with E-state index in [-0.39, 0.29) is 6.04 Å². The van der Waals surface area contributed by atoms with Crippen LogP contribution in [0.5, 0.6) is 0 Å². The fraction of sp³-hybridized carbons (Fsp3) is 0.389. The summed E-state index contributed by atoms with van der Waals surface area (Å²) in [6, 6.07) is 14.2. The Morgan fingerprint density at radius 2 is 1.86 bits per heavy atom. The van der Waals surface area contributed by atoms with Crippen molar-refractivity contribution >= 4 is 0 Å². The van der Waals surface area contributed by atoms with E-state index in [1.807, 2.05) is 48.7 Å². The first-order chi connectivity index (χ1) is 10.1. The Kier molecular flexibility index (Phi) is 5.48. The fourth-order valence-electron chi connectivity index (χ4n) is 2.49. The number of aliphatic hydroxyl groups is 1. The zero-order chi connectivity index (χ0) is 15.2. The van der Waals surface area contributed by atoms with Crippen molar-refractivity contribution in [3.8, 4) is 0 Å². The van der Waals surface area contributed by atoms with Crippen LogP contribution in [-0.4, -0.2) is 28.1 Å². The number of aliphatic hydroxyl groups excluding tert-OH is 1. The van der Waals surface area contributed by atoms with E-state index in [0.29, 0.717) is 6.54 Å². The third kappa shape index (κ3) is 4.13. The second-order valence-corrected chi connectivity index (χ2v) is 5.44. The summed E-state index contributed by atoms with van der Waals surface area (Å²) >= 11 is 0. The number of hydrogen-bond donors (Lipinski definition) is 1. The van der Waals surface area contributed by atoms with Crippen LogP contribution in [0.25, 0.3) is 0 Å². The van der Waals surface area contributed by atoms with Crippen LogP contribution in [0.3, 0.4) is 0 Å². The van der Waals surface area contributed by atoms with Gasteiger partial charge >= 0.3 is 0 Å². The van der Waals surface area contributed by atoms with E-state index in [2.05, 4.69) is 30.7 Å². The minimum Gasteiger partial charge on any atom is -0.387 e. The summed E-state index contributed by atoms with van der Waals surface area (Å²) in [4.78, 5) is 6.66. The van der Waals surface area contributed by atoms with E-state index >= 15 is 0 Å². The van der Waals surface area contributed by atoms with Crippen LogP contribution in [0.15, 0.2) is 48.7 Å². The fourth-order valence-corrected chi connectivity index (χ4v) is 2.49. The highest BCUT2D eigenvalue weighted by atomic mass is 16.3. The number of aromatic nitrogens is 1. The lowest BCUT2D eigenvalue weighted by Gasteiger charge is -2.29. The van der Waals surface area contributed by atoms with Crippen molar-refractivity contribution in [2.75, 3.05) is 13.1 Å². The molecule has 1 aromatic carbocycles. The minimum atomic E-state index is -0.475. The molecule has 3 heteroatoms. The molecule has 3 nitrogen and oxygen atoms in total. The molecule has 1 N–H and O–H groups in total. The Bertz CT molecular complexity index is 539. The van der Waals surface area contributed by atoms with E-state index in [1.54, 1.807) is 0 Å². The summed E-state index contributed by atoms with van der Waals surface area (Å²) in [5.41, 5.74) is 3.21. The summed E-state index contributed by atoms with van der Waals surface area (Å²) < 4.78 is 0. The van der Waals surface area contributed by atoms with Crippen LogP contribution in [0.4, 0.5) is 0 Å². The standard InChI is InChI=1S/C18H24N2O/c1-4-20(15(3)17-7-5-6-12-19-17)13-18(21)16-10-8-14(2)9-11-16/h5-12,15,18,21H,4,13H2,1-3H3. The molecule has 2 rings (SSSR count). The van der Waals surface area contributed by atoms with Gasteiger partial charge in [0.1, 0.15) is 0 Å². The molecule has 0 bridgehead atoms. The van der Waals surface area contributed by atoms with Crippen molar-refractivity contribution in [2.45, 2.75) is 32.9 Å². The zero-order valence-corrected chi connectivity index (χ0v) is 13.0. The first-order valence-corrected chi connectivity index (χ1v) is 7.51. The first-order valence-electron chi connectivity index (χ1n) is 7.51. The number of benzene rings is 1. The molecule has 0 aliphatic rings. The SMILES string of the molecule is CCN(CC(O)c1ccc(C)cc1)C(C)c1ccccn1. The van der Waals surface area contributed by atoms with Crippen LogP contribution in [0.2, 0.25) is 0 Å². The maximum Gasteiger partial charge on any atom is 0.0917 e. The van der Waals surface area contributed by atoms with Gasteiger partial charge in [0.15, 0.2) is 0 Å². The van der Waals surface area contributed by atoms with Crippen molar-refractivity contribution in [1.29, 1.82) is 0 Å². The molecule has 0 amide bonds. The van der Waals surface area contributed by atoms with Crippen LogP contribution in [-0.2, 0) is 0 Å². The molecule has 0 radical (unpaired) electrons. The minimum absolute atomic E-state index is 0.191. The lowest BCUT2D eigenvalue weighted by atomic mass is 10.1. The summed E-state index contributed by atoms with van der Waals surface area (Å²) in [7, 11) is 0. The highest BCUT2D eigenvalue weighted by Crippen LogP contribution is 2.22. The van der Waals surface area contributed by atoms with Crippen molar-refractivity contribution in [3.05, 3.63) is 65.5 Å². The largest absolute Gasteiger partial charge is 0.387 e. The molecule has 2 unspecified atom stereocenters. The Hall–Kier alpha value is -1.71. The monoisotopic (exact) mass is 284 g/mol. The third-order valence-corrected chi connectivity index (χ3v) is 3.94. The van der Waals surface area contributed by atoms with Gasteiger partial charge in [-0.3, -0.25) is 9.88 Å². The lowest BCUT2D eigenvalue weighted by Crippen LogP contribution is -2.31. The molecular weight excluding hydrogens is 260 g/mol. The van der Waals surface area contributed by atoms with Crippen molar-refractivity contribution in [1.82, 2.24) is 9.88 Å². The highest BCUT2D eigenvalue weighted by Gasteiger charge is 2.19. The van der Waals surface area contributed by atoms with Gasteiger partial charge in [-0.05, 0) is 38.1 Å². The van der Waals surface area contributed by atoms with E-state index in [4.69, 9.17) is 0 Å². The smallest absolute Gasteiger partial charge is 0.0917 e. The Morgan fingerprint density at radius 3 is 2.43 bits per heavy atom. The molecule has 0 aliphatic heterocycles. The summed E-state index contributed by atoms with van der Waals surface area (Å²) in [5.74, 6) is 0. The molecule has 0 saturated heterocycles.